The third kappa shape index (κ3) is 5.40. The second-order valence-electron chi connectivity index (χ2n) is 9.87. The number of fused-ring (bicyclic) bond motifs is 2. The molecule has 6 rings (SSSR count). The Hall–Kier alpha value is -5.01. The molecule has 0 saturated heterocycles. The van der Waals surface area contributed by atoms with Crippen molar-refractivity contribution in [3.05, 3.63) is 132 Å². The maximum Gasteiger partial charge on any atom is 0.116 e. The number of allylic oxidation sites excluding steroid dienone is 5. The molecule has 6 aromatic rings. The summed E-state index contributed by atoms with van der Waals surface area (Å²) in [7, 11) is 0. The Labute approximate surface area is 242 Å². The molecule has 0 atom stereocenters. The summed E-state index contributed by atoms with van der Waals surface area (Å²) in [6.45, 7) is 12.3. The Morgan fingerprint density at radius 1 is 1.02 bits per heavy atom. The Balaban J connectivity index is 1.32. The molecule has 1 aromatic carbocycles. The summed E-state index contributed by atoms with van der Waals surface area (Å²) in [4.78, 5) is 15.2. The van der Waals surface area contributed by atoms with Crippen molar-refractivity contribution in [2.75, 3.05) is 0 Å². The fourth-order valence-electron chi connectivity index (χ4n) is 4.94. The molecule has 202 valence electrons. The van der Waals surface area contributed by atoms with E-state index in [1.807, 2.05) is 55.9 Å². The normalized spacial score (nSPS) is 12.2. The van der Waals surface area contributed by atoms with E-state index >= 15 is 0 Å². The van der Waals surface area contributed by atoms with Crippen molar-refractivity contribution in [3.8, 4) is 21.8 Å². The third-order valence-corrected chi connectivity index (χ3v) is 8.01. The number of rotatable bonds is 9. The highest BCUT2D eigenvalue weighted by atomic mass is 32.1. The van der Waals surface area contributed by atoms with Crippen LogP contribution < -0.4 is 5.32 Å². The van der Waals surface area contributed by atoms with Gasteiger partial charge in [-0.05, 0) is 61.4 Å². The molecule has 3 N–H and O–H groups in total. The number of hydrogen-bond acceptors (Lipinski definition) is 5. The van der Waals surface area contributed by atoms with Gasteiger partial charge in [-0.1, -0.05) is 49.6 Å². The Kier molecular flexibility index (Phi) is 7.18. The van der Waals surface area contributed by atoms with Gasteiger partial charge in [0, 0.05) is 50.1 Å². The molecule has 7 heteroatoms. The van der Waals surface area contributed by atoms with Gasteiger partial charge >= 0.3 is 0 Å². The van der Waals surface area contributed by atoms with E-state index in [0.717, 1.165) is 67.8 Å². The van der Waals surface area contributed by atoms with Crippen LogP contribution in [0.2, 0.25) is 0 Å². The molecule has 5 aromatic heterocycles. The molecular formula is C34H30N6S. The van der Waals surface area contributed by atoms with Gasteiger partial charge in [0.05, 0.1) is 34.8 Å². The van der Waals surface area contributed by atoms with Gasteiger partial charge in [-0.2, -0.15) is 5.10 Å². The zero-order chi connectivity index (χ0) is 28.3. The number of aromatic nitrogens is 5. The van der Waals surface area contributed by atoms with Crippen LogP contribution in [0.3, 0.4) is 0 Å². The number of aromatic amines is 2. The molecule has 0 unspecified atom stereocenters. The van der Waals surface area contributed by atoms with Gasteiger partial charge in [-0.25, -0.2) is 0 Å². The van der Waals surface area contributed by atoms with Gasteiger partial charge in [0.25, 0.3) is 0 Å². The number of hydrogen-bond donors (Lipinski definition) is 3. The lowest BCUT2D eigenvalue weighted by molar-refractivity contribution is 0.941. The summed E-state index contributed by atoms with van der Waals surface area (Å²) in [6.07, 6.45) is 12.2. The number of thiophene rings is 1. The number of benzene rings is 1. The van der Waals surface area contributed by atoms with Crippen LogP contribution in [0, 0.1) is 6.92 Å². The SMILES string of the molecule is C=C/C(=C\C(=C/C)c1cc2c(-c3cc4c(-c5ccc(C)s5)cncc4[nH]3)n[nH]c2cn1)NC(=C)Cc1ccccc1. The third-order valence-electron chi connectivity index (χ3n) is 6.97. The molecule has 5 heterocycles. The first-order valence-corrected chi connectivity index (χ1v) is 14.2. The molecule has 0 spiro atoms. The van der Waals surface area contributed by atoms with Crippen LogP contribution >= 0.6 is 11.3 Å². The molecular weight excluding hydrogens is 524 g/mol. The van der Waals surface area contributed by atoms with Gasteiger partial charge in [-0.15, -0.1) is 11.3 Å². The molecule has 0 radical (unpaired) electrons. The van der Waals surface area contributed by atoms with E-state index in [9.17, 15) is 0 Å². The summed E-state index contributed by atoms with van der Waals surface area (Å²) in [6, 6.07) is 18.8. The lowest BCUT2D eigenvalue weighted by Crippen LogP contribution is -2.12. The van der Waals surface area contributed by atoms with E-state index in [1.165, 1.54) is 15.3 Å². The number of pyridine rings is 2. The van der Waals surface area contributed by atoms with E-state index < -0.39 is 0 Å². The molecule has 0 aliphatic rings. The average molecular weight is 555 g/mol. The van der Waals surface area contributed by atoms with E-state index in [1.54, 1.807) is 17.4 Å². The van der Waals surface area contributed by atoms with Crippen LogP contribution in [0.1, 0.15) is 23.1 Å². The summed E-state index contributed by atoms with van der Waals surface area (Å²) in [5.41, 5.74) is 9.47. The molecule has 0 saturated carbocycles. The zero-order valence-electron chi connectivity index (χ0n) is 23.0. The minimum atomic E-state index is 0.730. The van der Waals surface area contributed by atoms with Crippen molar-refractivity contribution < 1.29 is 0 Å². The maximum atomic E-state index is 4.73. The van der Waals surface area contributed by atoms with E-state index in [0.29, 0.717) is 0 Å². The first-order chi connectivity index (χ1) is 20.0. The summed E-state index contributed by atoms with van der Waals surface area (Å²) in [5.74, 6) is 0. The van der Waals surface area contributed by atoms with E-state index in [4.69, 9.17) is 4.98 Å². The highest BCUT2D eigenvalue weighted by Gasteiger charge is 2.16. The summed E-state index contributed by atoms with van der Waals surface area (Å²) in [5, 5.41) is 13.3. The molecule has 6 nitrogen and oxygen atoms in total. The van der Waals surface area contributed by atoms with E-state index in [-0.39, 0.29) is 0 Å². The van der Waals surface area contributed by atoms with Crippen LogP contribution in [0.15, 0.2) is 116 Å². The highest BCUT2D eigenvalue weighted by molar-refractivity contribution is 7.15. The fraction of sp³-hybridized carbons (Fsp3) is 0.0882. The van der Waals surface area contributed by atoms with Crippen LogP contribution in [0.4, 0.5) is 0 Å². The molecule has 0 aliphatic heterocycles. The second kappa shape index (κ2) is 11.2. The zero-order valence-corrected chi connectivity index (χ0v) is 23.8. The summed E-state index contributed by atoms with van der Waals surface area (Å²) < 4.78 is 0. The van der Waals surface area contributed by atoms with Crippen molar-refractivity contribution >= 4 is 38.7 Å². The van der Waals surface area contributed by atoms with Gasteiger partial charge in [0.1, 0.15) is 5.69 Å². The molecule has 0 aliphatic carbocycles. The predicted octanol–water partition coefficient (Wildman–Crippen LogP) is 8.36. The summed E-state index contributed by atoms with van der Waals surface area (Å²) >= 11 is 1.77. The number of nitrogens with one attached hydrogen (secondary N) is 3. The van der Waals surface area contributed by atoms with Gasteiger partial charge in [0.2, 0.25) is 0 Å². The van der Waals surface area contributed by atoms with Crippen LogP contribution in [-0.2, 0) is 6.42 Å². The predicted molar refractivity (Wildman–Crippen MR) is 171 cm³/mol. The van der Waals surface area contributed by atoms with Crippen LogP contribution in [-0.4, -0.2) is 25.1 Å². The first-order valence-electron chi connectivity index (χ1n) is 13.4. The van der Waals surface area contributed by atoms with Crippen LogP contribution in [0.25, 0.3) is 49.2 Å². The highest BCUT2D eigenvalue weighted by Crippen LogP contribution is 2.36. The monoisotopic (exact) mass is 554 g/mol. The molecule has 0 bridgehead atoms. The van der Waals surface area contributed by atoms with E-state index in [2.05, 4.69) is 82.0 Å². The lowest BCUT2D eigenvalue weighted by atomic mass is 10.1. The topological polar surface area (TPSA) is 82.3 Å². The number of aryl methyl sites for hydroxylation is 1. The first kappa shape index (κ1) is 26.2. The van der Waals surface area contributed by atoms with Crippen molar-refractivity contribution in [2.24, 2.45) is 0 Å². The van der Waals surface area contributed by atoms with Gasteiger partial charge in [0.15, 0.2) is 0 Å². The number of nitrogens with zero attached hydrogens (tertiary/aromatic N) is 3. The van der Waals surface area contributed by atoms with Gasteiger partial charge in [-0.3, -0.25) is 15.1 Å². The minimum Gasteiger partial charge on any atom is -0.359 e. The van der Waals surface area contributed by atoms with Crippen molar-refractivity contribution in [2.45, 2.75) is 20.3 Å². The molecule has 0 amide bonds. The smallest absolute Gasteiger partial charge is 0.116 e. The van der Waals surface area contributed by atoms with Crippen molar-refractivity contribution in [3.63, 3.8) is 0 Å². The molecule has 41 heavy (non-hydrogen) atoms. The Morgan fingerprint density at radius 2 is 1.88 bits per heavy atom. The van der Waals surface area contributed by atoms with Gasteiger partial charge < -0.3 is 10.3 Å². The minimum absolute atomic E-state index is 0.730. The van der Waals surface area contributed by atoms with Crippen molar-refractivity contribution in [1.29, 1.82) is 0 Å². The maximum absolute atomic E-state index is 4.73. The van der Waals surface area contributed by atoms with Crippen LogP contribution in [0.5, 0.6) is 0 Å². The quantitative estimate of drug-likeness (QED) is 0.157. The second-order valence-corrected chi connectivity index (χ2v) is 11.2. The van der Waals surface area contributed by atoms with Crippen molar-refractivity contribution in [1.82, 2.24) is 30.5 Å². The standard InChI is InChI=1S/C34H30N6S/c1-5-24(15-25(6-2)37-21(3)14-23-10-8-7-9-11-23)29-17-27-32(20-36-29)39-40-34(27)30-16-26-28(18-35-19-31(26)38-30)33-13-12-22(4)41-33/h5-13,15-20,37-38H,2-3,14H2,1,4H3,(H,39,40)/b24-5+,25-15+. The average Bonchev–Trinajstić information content (AvgIpc) is 3.73. The Morgan fingerprint density at radius 3 is 2.63 bits per heavy atom. The fourth-order valence-corrected chi connectivity index (χ4v) is 5.84. The number of H-pyrrole nitrogens is 2. The Bertz CT molecular complexity index is 1950. The molecule has 0 fully saturated rings. The largest absolute Gasteiger partial charge is 0.359 e. The lowest BCUT2D eigenvalue weighted by Gasteiger charge is -2.12.